The molecule has 0 saturated heterocycles. The van der Waals surface area contributed by atoms with Crippen molar-refractivity contribution in [2.75, 3.05) is 26.1 Å². The van der Waals surface area contributed by atoms with E-state index in [4.69, 9.17) is 9.47 Å². The molecule has 0 amide bonds. The minimum Gasteiger partial charge on any atom is -0.454 e. The maximum Gasteiger partial charge on any atom is 0.231 e. The predicted octanol–water partition coefficient (Wildman–Crippen LogP) is 1.42. The zero-order valence-corrected chi connectivity index (χ0v) is 18.6. The van der Waals surface area contributed by atoms with E-state index < -0.39 is 15.6 Å². The third-order valence-corrected chi connectivity index (χ3v) is 4.28. The second-order valence-corrected chi connectivity index (χ2v) is 8.24. The molecule has 0 aliphatic carbocycles. The van der Waals surface area contributed by atoms with Gasteiger partial charge in [0.05, 0.1) is 12.8 Å². The monoisotopic (exact) mass is 498 g/mol. The standard InChI is InChI=1S/C16H26N4O4S.HI/c1-5-17-15(19-10-16(2,3)20-25(4,21)22)18-9-12-6-7-13-14(8-12)24-11-23-13;/h6-8,20H,5,9-11H2,1-4H3,(H2,17,18,19);1H. The van der Waals surface area contributed by atoms with Crippen LogP contribution in [0.5, 0.6) is 11.5 Å². The zero-order chi connectivity index (χ0) is 18.5. The van der Waals surface area contributed by atoms with E-state index in [1.54, 1.807) is 0 Å². The fraction of sp³-hybridized carbons (Fsp3) is 0.562. The van der Waals surface area contributed by atoms with E-state index in [1.807, 2.05) is 39.0 Å². The van der Waals surface area contributed by atoms with E-state index in [-0.39, 0.29) is 30.8 Å². The molecule has 0 atom stereocenters. The van der Waals surface area contributed by atoms with Crippen LogP contribution in [-0.4, -0.2) is 46.1 Å². The van der Waals surface area contributed by atoms with Gasteiger partial charge in [0.25, 0.3) is 0 Å². The first kappa shape index (κ1) is 22.8. The normalized spacial score (nSPS) is 13.9. The molecule has 0 aromatic heterocycles. The Bertz CT molecular complexity index is 738. The van der Waals surface area contributed by atoms with Crippen LogP contribution in [0.2, 0.25) is 0 Å². The number of sulfonamides is 1. The van der Waals surface area contributed by atoms with Gasteiger partial charge < -0.3 is 20.1 Å². The SMILES string of the molecule is CCNC(=NCc1ccc2c(c1)OCO2)NCC(C)(C)NS(C)(=O)=O.I. The molecule has 0 bridgehead atoms. The first-order valence-corrected chi connectivity index (χ1v) is 9.97. The molecular weight excluding hydrogens is 471 g/mol. The molecule has 1 aliphatic heterocycles. The average molecular weight is 498 g/mol. The fourth-order valence-corrected chi connectivity index (χ4v) is 3.47. The molecule has 8 nitrogen and oxygen atoms in total. The third kappa shape index (κ3) is 7.54. The lowest BCUT2D eigenvalue weighted by Crippen LogP contribution is -2.53. The summed E-state index contributed by atoms with van der Waals surface area (Å²) >= 11 is 0. The van der Waals surface area contributed by atoms with Crippen molar-refractivity contribution in [2.24, 2.45) is 4.99 Å². The summed E-state index contributed by atoms with van der Waals surface area (Å²) in [7, 11) is -3.28. The van der Waals surface area contributed by atoms with E-state index in [9.17, 15) is 8.42 Å². The molecule has 26 heavy (non-hydrogen) atoms. The molecule has 0 radical (unpaired) electrons. The Kier molecular flexibility index (Phi) is 8.41. The molecule has 1 aromatic rings. The van der Waals surface area contributed by atoms with Crippen LogP contribution in [0.1, 0.15) is 26.3 Å². The van der Waals surface area contributed by atoms with E-state index in [0.717, 1.165) is 23.3 Å². The predicted molar refractivity (Wildman–Crippen MR) is 113 cm³/mol. The van der Waals surface area contributed by atoms with Crippen LogP contribution in [0.4, 0.5) is 0 Å². The van der Waals surface area contributed by atoms with Crippen molar-refractivity contribution < 1.29 is 17.9 Å². The zero-order valence-electron chi connectivity index (χ0n) is 15.5. The van der Waals surface area contributed by atoms with Gasteiger partial charge in [-0.25, -0.2) is 18.1 Å². The van der Waals surface area contributed by atoms with Gasteiger partial charge in [-0.05, 0) is 38.5 Å². The minimum absolute atomic E-state index is 0. The highest BCUT2D eigenvalue weighted by molar-refractivity contribution is 14.0. The van der Waals surface area contributed by atoms with Crippen LogP contribution in [0.3, 0.4) is 0 Å². The lowest BCUT2D eigenvalue weighted by molar-refractivity contribution is 0.174. The molecular formula is C16H27IN4O4S. The smallest absolute Gasteiger partial charge is 0.231 e. The van der Waals surface area contributed by atoms with Gasteiger partial charge >= 0.3 is 0 Å². The molecule has 0 spiro atoms. The van der Waals surface area contributed by atoms with Crippen LogP contribution < -0.4 is 24.8 Å². The van der Waals surface area contributed by atoms with Crippen LogP contribution in [0.25, 0.3) is 0 Å². The Morgan fingerprint density at radius 1 is 1.23 bits per heavy atom. The Labute approximate surface area is 172 Å². The summed E-state index contributed by atoms with van der Waals surface area (Å²) in [5, 5.41) is 6.31. The van der Waals surface area contributed by atoms with Gasteiger partial charge in [-0.15, -0.1) is 24.0 Å². The van der Waals surface area contributed by atoms with Crippen molar-refractivity contribution in [3.05, 3.63) is 23.8 Å². The summed E-state index contributed by atoms with van der Waals surface area (Å²) in [5.74, 6) is 2.08. The molecule has 2 rings (SSSR count). The average Bonchev–Trinajstić information content (AvgIpc) is 2.95. The summed E-state index contributed by atoms with van der Waals surface area (Å²) in [5.41, 5.74) is 0.359. The van der Waals surface area contributed by atoms with E-state index >= 15 is 0 Å². The van der Waals surface area contributed by atoms with Gasteiger partial charge in [-0.1, -0.05) is 6.07 Å². The van der Waals surface area contributed by atoms with E-state index in [0.29, 0.717) is 25.6 Å². The molecule has 0 fully saturated rings. The second-order valence-electron chi connectivity index (χ2n) is 6.49. The minimum atomic E-state index is -3.28. The Balaban J connectivity index is 0.00000338. The van der Waals surface area contributed by atoms with Crippen LogP contribution >= 0.6 is 24.0 Å². The number of hydrogen-bond donors (Lipinski definition) is 3. The van der Waals surface area contributed by atoms with Gasteiger partial charge in [0, 0.05) is 18.6 Å². The molecule has 148 valence electrons. The number of benzene rings is 1. The highest BCUT2D eigenvalue weighted by Crippen LogP contribution is 2.32. The van der Waals surface area contributed by atoms with Crippen molar-refractivity contribution in [3.8, 4) is 11.5 Å². The van der Waals surface area contributed by atoms with Crippen molar-refractivity contribution >= 4 is 40.0 Å². The first-order chi connectivity index (χ1) is 11.7. The topological polar surface area (TPSA) is 101 Å². The highest BCUT2D eigenvalue weighted by Gasteiger charge is 2.22. The lowest BCUT2D eigenvalue weighted by Gasteiger charge is -2.26. The Morgan fingerprint density at radius 2 is 1.92 bits per heavy atom. The number of ether oxygens (including phenoxy) is 2. The first-order valence-electron chi connectivity index (χ1n) is 8.08. The van der Waals surface area contributed by atoms with Crippen molar-refractivity contribution in [1.29, 1.82) is 0 Å². The maximum atomic E-state index is 11.4. The number of aliphatic imine (C=N–C) groups is 1. The second kappa shape index (κ2) is 9.60. The molecule has 1 aromatic carbocycles. The van der Waals surface area contributed by atoms with Gasteiger partial charge in [-0.3, -0.25) is 0 Å². The summed E-state index contributed by atoms with van der Waals surface area (Å²) in [6.07, 6.45) is 1.15. The molecule has 0 saturated carbocycles. The van der Waals surface area contributed by atoms with Gasteiger partial charge in [-0.2, -0.15) is 0 Å². The van der Waals surface area contributed by atoms with E-state index in [2.05, 4.69) is 20.3 Å². The number of halogens is 1. The number of nitrogens with zero attached hydrogens (tertiary/aromatic N) is 1. The summed E-state index contributed by atoms with van der Waals surface area (Å²) < 4.78 is 36.1. The molecule has 10 heteroatoms. The number of rotatable bonds is 7. The Hall–Kier alpha value is -1.27. The molecule has 1 heterocycles. The van der Waals surface area contributed by atoms with E-state index in [1.165, 1.54) is 0 Å². The summed E-state index contributed by atoms with van der Waals surface area (Å²) in [6.45, 7) is 7.39. The highest BCUT2D eigenvalue weighted by atomic mass is 127. The Morgan fingerprint density at radius 3 is 2.58 bits per heavy atom. The van der Waals surface area contributed by atoms with Crippen molar-refractivity contribution in [1.82, 2.24) is 15.4 Å². The quantitative estimate of drug-likeness (QED) is 0.299. The largest absolute Gasteiger partial charge is 0.454 e. The number of hydrogen-bond acceptors (Lipinski definition) is 5. The van der Waals surface area contributed by atoms with Crippen LogP contribution in [0, 0.1) is 0 Å². The summed E-state index contributed by atoms with van der Waals surface area (Å²) in [4.78, 5) is 4.53. The lowest BCUT2D eigenvalue weighted by atomic mass is 10.1. The van der Waals surface area contributed by atoms with Crippen molar-refractivity contribution in [2.45, 2.75) is 32.9 Å². The van der Waals surface area contributed by atoms with Gasteiger partial charge in [0.1, 0.15) is 0 Å². The number of nitrogens with one attached hydrogen (secondary N) is 3. The van der Waals surface area contributed by atoms with Gasteiger partial charge in [0.2, 0.25) is 16.8 Å². The molecule has 1 aliphatic rings. The number of guanidine groups is 1. The van der Waals surface area contributed by atoms with Gasteiger partial charge in [0.15, 0.2) is 17.5 Å². The van der Waals surface area contributed by atoms with Crippen LogP contribution in [-0.2, 0) is 16.6 Å². The number of fused-ring (bicyclic) bond motifs is 1. The molecule has 3 N–H and O–H groups in total. The third-order valence-electron chi connectivity index (χ3n) is 3.36. The van der Waals surface area contributed by atoms with Crippen LogP contribution in [0.15, 0.2) is 23.2 Å². The fourth-order valence-electron chi connectivity index (χ4n) is 2.39. The molecule has 0 unspecified atom stereocenters. The summed E-state index contributed by atoms with van der Waals surface area (Å²) in [6, 6.07) is 5.72. The van der Waals surface area contributed by atoms with Crippen molar-refractivity contribution in [3.63, 3.8) is 0 Å². The maximum absolute atomic E-state index is 11.4.